The summed E-state index contributed by atoms with van der Waals surface area (Å²) >= 11 is 0. The van der Waals surface area contributed by atoms with Crippen molar-refractivity contribution in [2.75, 3.05) is 5.32 Å². The van der Waals surface area contributed by atoms with Crippen LogP contribution in [0.15, 0.2) is 48.5 Å². The van der Waals surface area contributed by atoms with E-state index in [-0.39, 0.29) is 6.42 Å². The van der Waals surface area contributed by atoms with Crippen LogP contribution in [0, 0.1) is 12.7 Å². The molecule has 2 aromatic carbocycles. The molecule has 0 saturated heterocycles. The van der Waals surface area contributed by atoms with Crippen molar-refractivity contribution in [1.29, 1.82) is 0 Å². The second kappa shape index (κ2) is 8.66. The summed E-state index contributed by atoms with van der Waals surface area (Å²) in [6.45, 7) is 6.82. The van der Waals surface area contributed by atoms with Gasteiger partial charge in [0, 0.05) is 17.7 Å². The van der Waals surface area contributed by atoms with Crippen molar-refractivity contribution in [1.82, 2.24) is 5.32 Å². The molecule has 0 saturated carbocycles. The fourth-order valence-corrected chi connectivity index (χ4v) is 2.47. The molecule has 2 rings (SSSR count). The lowest BCUT2D eigenvalue weighted by molar-refractivity contribution is -0.118. The molecule has 0 aromatic heterocycles. The minimum Gasteiger partial charge on any atom is -0.444 e. The van der Waals surface area contributed by atoms with Crippen LogP contribution in [0.1, 0.15) is 31.9 Å². The summed E-state index contributed by atoms with van der Waals surface area (Å²) in [5.41, 5.74) is 0.895. The summed E-state index contributed by atoms with van der Waals surface area (Å²) in [5, 5.41) is 5.30. The summed E-state index contributed by atoms with van der Waals surface area (Å²) in [4.78, 5) is 24.9. The van der Waals surface area contributed by atoms with Gasteiger partial charge >= 0.3 is 6.09 Å². The Hall–Kier alpha value is -2.89. The third-order valence-corrected chi connectivity index (χ3v) is 3.82. The normalized spacial score (nSPS) is 12.2. The number of anilines is 1. The molecule has 0 radical (unpaired) electrons. The number of halogens is 1. The van der Waals surface area contributed by atoms with Crippen molar-refractivity contribution in [2.45, 2.75) is 45.8 Å². The van der Waals surface area contributed by atoms with Crippen molar-refractivity contribution in [3.05, 3.63) is 65.5 Å². The Morgan fingerprint density at radius 3 is 2.37 bits per heavy atom. The van der Waals surface area contributed by atoms with Crippen molar-refractivity contribution >= 4 is 17.7 Å². The SMILES string of the molecule is Cc1c(F)cccc1NC(=O)[C@H](Cc1ccccc1)NC(=O)OC(C)(C)C. The highest BCUT2D eigenvalue weighted by atomic mass is 19.1. The number of carbonyl (C=O) groups excluding carboxylic acids is 2. The van der Waals surface area contributed by atoms with Gasteiger partial charge in [0.25, 0.3) is 0 Å². The fraction of sp³-hybridized carbons (Fsp3) is 0.333. The average molecular weight is 372 g/mol. The second-order valence-corrected chi connectivity index (χ2v) is 7.29. The van der Waals surface area contributed by atoms with Crippen LogP contribution in [0.4, 0.5) is 14.9 Å². The first-order valence-corrected chi connectivity index (χ1v) is 8.75. The van der Waals surface area contributed by atoms with E-state index in [9.17, 15) is 14.0 Å². The molecule has 0 unspecified atom stereocenters. The molecule has 2 amide bonds. The van der Waals surface area contributed by atoms with E-state index in [2.05, 4.69) is 10.6 Å². The molecule has 0 aliphatic heterocycles. The Morgan fingerprint density at radius 1 is 1.07 bits per heavy atom. The minimum absolute atomic E-state index is 0.278. The molecule has 2 aromatic rings. The predicted octanol–water partition coefficient (Wildman–Crippen LogP) is 4.21. The van der Waals surface area contributed by atoms with Gasteiger partial charge in [-0.2, -0.15) is 0 Å². The van der Waals surface area contributed by atoms with Crippen LogP contribution < -0.4 is 10.6 Å². The summed E-state index contributed by atoms with van der Waals surface area (Å²) < 4.78 is 19.0. The maximum Gasteiger partial charge on any atom is 0.408 e. The molecule has 0 fully saturated rings. The lowest BCUT2D eigenvalue weighted by Gasteiger charge is -2.23. The second-order valence-electron chi connectivity index (χ2n) is 7.29. The van der Waals surface area contributed by atoms with Crippen LogP contribution in [0.2, 0.25) is 0 Å². The number of amides is 2. The highest BCUT2D eigenvalue weighted by Gasteiger charge is 2.25. The van der Waals surface area contributed by atoms with Crippen LogP contribution in [0.25, 0.3) is 0 Å². The van der Waals surface area contributed by atoms with Gasteiger partial charge in [-0.25, -0.2) is 9.18 Å². The Labute approximate surface area is 158 Å². The van der Waals surface area contributed by atoms with Crippen LogP contribution in [0.3, 0.4) is 0 Å². The zero-order valence-electron chi connectivity index (χ0n) is 16.0. The Bertz CT molecular complexity index is 801. The van der Waals surface area contributed by atoms with Crippen LogP contribution in [-0.4, -0.2) is 23.6 Å². The summed E-state index contributed by atoms with van der Waals surface area (Å²) in [5.74, 6) is -0.856. The van der Waals surface area contributed by atoms with E-state index >= 15 is 0 Å². The zero-order chi connectivity index (χ0) is 20.0. The van der Waals surface area contributed by atoms with E-state index < -0.39 is 29.5 Å². The van der Waals surface area contributed by atoms with Gasteiger partial charge in [-0.3, -0.25) is 4.79 Å². The topological polar surface area (TPSA) is 67.4 Å². The zero-order valence-corrected chi connectivity index (χ0v) is 16.0. The third kappa shape index (κ3) is 6.40. The van der Waals surface area contributed by atoms with Gasteiger partial charge in [-0.1, -0.05) is 36.4 Å². The first-order chi connectivity index (χ1) is 12.7. The van der Waals surface area contributed by atoms with Gasteiger partial charge in [0.05, 0.1) is 0 Å². The van der Waals surface area contributed by atoms with E-state index in [1.54, 1.807) is 33.8 Å². The number of hydrogen-bond acceptors (Lipinski definition) is 3. The number of ether oxygens (including phenoxy) is 1. The number of benzene rings is 2. The maximum atomic E-state index is 13.7. The molecular weight excluding hydrogens is 347 g/mol. The molecule has 5 nitrogen and oxygen atoms in total. The van der Waals surface area contributed by atoms with Gasteiger partial charge < -0.3 is 15.4 Å². The smallest absolute Gasteiger partial charge is 0.408 e. The third-order valence-electron chi connectivity index (χ3n) is 3.82. The molecule has 144 valence electrons. The molecule has 0 bridgehead atoms. The Kier molecular flexibility index (Phi) is 6.55. The maximum absolute atomic E-state index is 13.7. The van der Waals surface area contributed by atoms with E-state index in [4.69, 9.17) is 4.74 Å². The van der Waals surface area contributed by atoms with Crippen LogP contribution in [0.5, 0.6) is 0 Å². The first-order valence-electron chi connectivity index (χ1n) is 8.75. The number of hydrogen-bond donors (Lipinski definition) is 2. The number of carbonyl (C=O) groups is 2. The van der Waals surface area contributed by atoms with Gasteiger partial charge in [-0.05, 0) is 45.4 Å². The van der Waals surface area contributed by atoms with E-state index in [0.29, 0.717) is 11.3 Å². The molecule has 0 aliphatic rings. The highest BCUT2D eigenvalue weighted by molar-refractivity contribution is 5.97. The summed E-state index contributed by atoms with van der Waals surface area (Å²) in [6, 6.07) is 12.9. The number of rotatable bonds is 5. The lowest BCUT2D eigenvalue weighted by Crippen LogP contribution is -2.47. The monoisotopic (exact) mass is 372 g/mol. The average Bonchev–Trinajstić information content (AvgIpc) is 2.57. The number of alkyl carbamates (subject to hydrolysis) is 1. The quantitative estimate of drug-likeness (QED) is 0.826. The van der Waals surface area contributed by atoms with E-state index in [0.717, 1.165) is 5.56 Å². The Morgan fingerprint density at radius 2 is 1.74 bits per heavy atom. The molecule has 0 aliphatic carbocycles. The van der Waals surface area contributed by atoms with Crippen molar-refractivity contribution < 1.29 is 18.7 Å². The van der Waals surface area contributed by atoms with Crippen LogP contribution >= 0.6 is 0 Å². The minimum atomic E-state index is -0.870. The van der Waals surface area contributed by atoms with Gasteiger partial charge in [0.1, 0.15) is 17.5 Å². The summed E-state index contributed by atoms with van der Waals surface area (Å²) in [6.07, 6.45) is -0.408. The molecular formula is C21H25FN2O3. The van der Waals surface area contributed by atoms with Gasteiger partial charge in [0.15, 0.2) is 0 Å². The van der Waals surface area contributed by atoms with E-state index in [1.165, 1.54) is 12.1 Å². The molecule has 1 atom stereocenters. The molecule has 0 heterocycles. The van der Waals surface area contributed by atoms with Crippen molar-refractivity contribution in [3.8, 4) is 0 Å². The Balaban J connectivity index is 2.18. The molecule has 0 spiro atoms. The first kappa shape index (κ1) is 20.4. The van der Waals surface area contributed by atoms with Crippen molar-refractivity contribution in [2.24, 2.45) is 0 Å². The highest BCUT2D eigenvalue weighted by Crippen LogP contribution is 2.18. The molecule has 6 heteroatoms. The molecule has 27 heavy (non-hydrogen) atoms. The summed E-state index contributed by atoms with van der Waals surface area (Å²) in [7, 11) is 0. The van der Waals surface area contributed by atoms with Crippen LogP contribution in [-0.2, 0) is 16.0 Å². The van der Waals surface area contributed by atoms with Gasteiger partial charge in [-0.15, -0.1) is 0 Å². The standard InChI is InChI=1S/C21H25FN2O3/c1-14-16(22)11-8-12-17(14)23-19(25)18(13-15-9-6-5-7-10-15)24-20(26)27-21(2,3)4/h5-12,18H,13H2,1-4H3,(H,23,25)(H,24,26)/t18-/m0/s1. The number of nitrogens with one attached hydrogen (secondary N) is 2. The van der Waals surface area contributed by atoms with Gasteiger partial charge in [0.2, 0.25) is 5.91 Å². The predicted molar refractivity (Wildman–Crippen MR) is 103 cm³/mol. The fourth-order valence-electron chi connectivity index (χ4n) is 2.47. The van der Waals surface area contributed by atoms with Crippen molar-refractivity contribution in [3.63, 3.8) is 0 Å². The lowest BCUT2D eigenvalue weighted by atomic mass is 10.0. The molecule has 2 N–H and O–H groups in total. The van der Waals surface area contributed by atoms with E-state index in [1.807, 2.05) is 30.3 Å². The largest absolute Gasteiger partial charge is 0.444 e.